The van der Waals surface area contributed by atoms with Gasteiger partial charge < -0.3 is 5.73 Å². The minimum absolute atomic E-state index is 0.148. The zero-order valence-corrected chi connectivity index (χ0v) is 22.7. The average molecular weight is 538 g/mol. The summed E-state index contributed by atoms with van der Waals surface area (Å²) < 4.78 is 3.53. The van der Waals surface area contributed by atoms with Crippen LogP contribution in [-0.2, 0) is 26.9 Å². The van der Waals surface area contributed by atoms with Crippen molar-refractivity contribution < 1.29 is 4.79 Å². The summed E-state index contributed by atoms with van der Waals surface area (Å²) in [4.78, 5) is 58.8. The molecule has 0 fully saturated rings. The Bertz CT molecular complexity index is 1780. The summed E-state index contributed by atoms with van der Waals surface area (Å²) >= 11 is 2.63. The molecule has 0 aliphatic heterocycles. The predicted molar refractivity (Wildman–Crippen MR) is 148 cm³/mol. The molecule has 9 nitrogen and oxygen atoms in total. The highest BCUT2D eigenvalue weighted by Gasteiger charge is 2.25. The minimum atomic E-state index is -0.743. The Morgan fingerprint density at radius 1 is 1.08 bits per heavy atom. The molecule has 1 aliphatic rings. The van der Waals surface area contributed by atoms with Crippen molar-refractivity contribution in [1.29, 1.82) is 0 Å². The molecule has 37 heavy (non-hydrogen) atoms. The minimum Gasteiger partial charge on any atom is -0.384 e. The van der Waals surface area contributed by atoms with Gasteiger partial charge in [0.25, 0.3) is 11.1 Å². The van der Waals surface area contributed by atoms with Gasteiger partial charge in [-0.1, -0.05) is 23.9 Å². The molecule has 0 amide bonds. The molecule has 0 saturated carbocycles. The third kappa shape index (κ3) is 4.15. The fraction of sp³-hybridized carbons (Fsp3) is 0.346. The Labute approximate surface area is 220 Å². The summed E-state index contributed by atoms with van der Waals surface area (Å²) in [5.74, 6) is -0.892. The first-order chi connectivity index (χ1) is 17.6. The highest BCUT2D eigenvalue weighted by atomic mass is 32.2. The number of rotatable bonds is 5. The van der Waals surface area contributed by atoms with Gasteiger partial charge in [-0.05, 0) is 62.3 Å². The van der Waals surface area contributed by atoms with E-state index in [4.69, 9.17) is 10.7 Å². The van der Waals surface area contributed by atoms with E-state index in [1.54, 1.807) is 15.9 Å². The molecule has 5 rings (SSSR count). The molecular weight excluding hydrogens is 510 g/mol. The van der Waals surface area contributed by atoms with Crippen LogP contribution >= 0.6 is 23.1 Å². The van der Waals surface area contributed by atoms with Gasteiger partial charge in [-0.25, -0.2) is 9.78 Å². The SMILES string of the molecule is Cc1ccc(C)c(-n2c(SCC(=O)c3c(N)n(C)c(=O)n(C)c3=O)nc3sc4c(c3c2=O)CCCC4)c1. The normalized spacial score (nSPS) is 13.2. The van der Waals surface area contributed by atoms with E-state index in [2.05, 4.69) is 0 Å². The van der Waals surface area contributed by atoms with Crippen LogP contribution < -0.4 is 22.5 Å². The van der Waals surface area contributed by atoms with Crippen LogP contribution in [0.2, 0.25) is 0 Å². The summed E-state index contributed by atoms with van der Waals surface area (Å²) in [6, 6.07) is 5.88. The Kier molecular flexibility index (Phi) is 6.45. The topological polar surface area (TPSA) is 122 Å². The van der Waals surface area contributed by atoms with E-state index in [-0.39, 0.29) is 22.7 Å². The third-order valence-corrected chi connectivity index (χ3v) is 9.01. The van der Waals surface area contributed by atoms with Crippen molar-refractivity contribution in [3.05, 3.63) is 76.5 Å². The average Bonchev–Trinajstić information content (AvgIpc) is 3.25. The van der Waals surface area contributed by atoms with Gasteiger partial charge in [-0.3, -0.25) is 28.1 Å². The van der Waals surface area contributed by atoms with E-state index in [0.29, 0.717) is 21.1 Å². The molecule has 0 unspecified atom stereocenters. The zero-order valence-electron chi connectivity index (χ0n) is 21.1. The highest BCUT2D eigenvalue weighted by Crippen LogP contribution is 2.35. The maximum Gasteiger partial charge on any atom is 0.332 e. The first-order valence-corrected chi connectivity index (χ1v) is 13.8. The van der Waals surface area contributed by atoms with Crippen molar-refractivity contribution in [3.8, 4) is 5.69 Å². The molecule has 0 saturated heterocycles. The van der Waals surface area contributed by atoms with Crippen LogP contribution in [0.1, 0.15) is 44.8 Å². The van der Waals surface area contributed by atoms with Gasteiger partial charge in [0.05, 0.1) is 16.8 Å². The molecule has 1 aromatic carbocycles. The van der Waals surface area contributed by atoms with Crippen molar-refractivity contribution in [2.75, 3.05) is 11.5 Å². The number of thiophene rings is 1. The lowest BCUT2D eigenvalue weighted by molar-refractivity contribution is 0.102. The number of nitrogens with two attached hydrogens (primary N) is 1. The predicted octanol–water partition coefficient (Wildman–Crippen LogP) is 2.90. The standard InChI is InChI=1S/C26H27N5O4S2/c1-13-9-10-14(2)16(11-13)31-24(34)19-15-7-5-6-8-18(15)37-22(19)28-25(31)36-12-17(32)20-21(27)29(3)26(35)30(4)23(20)33/h9-11H,5-8,12,27H2,1-4H3. The fourth-order valence-corrected chi connectivity index (χ4v) is 6.96. The lowest BCUT2D eigenvalue weighted by Crippen LogP contribution is -2.41. The second kappa shape index (κ2) is 9.46. The third-order valence-electron chi connectivity index (χ3n) is 6.88. The number of Topliss-reactive ketones (excluding diaryl/α,β-unsaturated/α-hetero) is 1. The van der Waals surface area contributed by atoms with Crippen molar-refractivity contribution in [1.82, 2.24) is 18.7 Å². The summed E-state index contributed by atoms with van der Waals surface area (Å²) in [6.45, 7) is 3.89. The van der Waals surface area contributed by atoms with Gasteiger partial charge in [0, 0.05) is 19.0 Å². The Balaban J connectivity index is 1.65. The van der Waals surface area contributed by atoms with E-state index in [1.165, 1.54) is 19.0 Å². The van der Waals surface area contributed by atoms with Gasteiger partial charge in [-0.2, -0.15) is 0 Å². The Hall–Kier alpha value is -3.44. The number of carbonyl (C=O) groups excluding carboxylic acids is 1. The second-order valence-corrected chi connectivity index (χ2v) is 11.4. The first kappa shape index (κ1) is 25.2. The van der Waals surface area contributed by atoms with Gasteiger partial charge >= 0.3 is 5.69 Å². The number of anilines is 1. The molecule has 4 aromatic rings. The number of fused-ring (bicyclic) bond motifs is 3. The number of carbonyl (C=O) groups is 1. The lowest BCUT2D eigenvalue weighted by atomic mass is 9.97. The number of hydrogen-bond donors (Lipinski definition) is 1. The molecule has 0 bridgehead atoms. The summed E-state index contributed by atoms with van der Waals surface area (Å²) in [7, 11) is 2.72. The zero-order chi connectivity index (χ0) is 26.6. The first-order valence-electron chi connectivity index (χ1n) is 12.0. The van der Waals surface area contributed by atoms with Crippen LogP contribution in [0.5, 0.6) is 0 Å². The van der Waals surface area contributed by atoms with E-state index >= 15 is 0 Å². The van der Waals surface area contributed by atoms with Gasteiger partial charge in [0.2, 0.25) is 0 Å². The molecule has 2 N–H and O–H groups in total. The lowest BCUT2D eigenvalue weighted by Gasteiger charge is -2.16. The number of hydrogen-bond acceptors (Lipinski definition) is 8. The van der Waals surface area contributed by atoms with Crippen LogP contribution in [0, 0.1) is 13.8 Å². The maximum absolute atomic E-state index is 14.0. The molecular formula is C26H27N5O4S2. The van der Waals surface area contributed by atoms with Crippen molar-refractivity contribution >= 4 is 44.9 Å². The van der Waals surface area contributed by atoms with Crippen molar-refractivity contribution in [2.24, 2.45) is 14.1 Å². The number of thioether (sulfide) groups is 1. The van der Waals surface area contributed by atoms with Crippen LogP contribution in [0.3, 0.4) is 0 Å². The van der Waals surface area contributed by atoms with Gasteiger partial charge in [0.1, 0.15) is 16.2 Å². The summed E-state index contributed by atoms with van der Waals surface area (Å²) in [6.07, 6.45) is 3.94. The Morgan fingerprint density at radius 3 is 2.57 bits per heavy atom. The quantitative estimate of drug-likeness (QED) is 0.236. The second-order valence-electron chi connectivity index (χ2n) is 9.39. The van der Waals surface area contributed by atoms with Crippen LogP contribution in [-0.4, -0.2) is 30.2 Å². The number of benzene rings is 1. The molecule has 192 valence electrons. The number of aryl methyl sites for hydroxylation is 4. The number of aromatic nitrogens is 4. The highest BCUT2D eigenvalue weighted by molar-refractivity contribution is 7.99. The molecule has 0 atom stereocenters. The Morgan fingerprint density at radius 2 is 1.81 bits per heavy atom. The van der Waals surface area contributed by atoms with Crippen LogP contribution in [0.15, 0.2) is 37.7 Å². The number of nitrogens with zero attached hydrogens (tertiary/aromatic N) is 4. The molecule has 0 radical (unpaired) electrons. The van der Waals surface area contributed by atoms with Crippen molar-refractivity contribution in [2.45, 2.75) is 44.7 Å². The molecule has 3 heterocycles. The summed E-state index contributed by atoms with van der Waals surface area (Å²) in [5.41, 5.74) is 7.95. The number of nitrogen functional groups attached to an aromatic ring is 1. The van der Waals surface area contributed by atoms with Gasteiger partial charge in [0.15, 0.2) is 10.9 Å². The maximum atomic E-state index is 14.0. The molecule has 11 heteroatoms. The van der Waals surface area contributed by atoms with E-state index in [9.17, 15) is 19.2 Å². The van der Waals surface area contributed by atoms with E-state index in [0.717, 1.165) is 63.3 Å². The largest absolute Gasteiger partial charge is 0.384 e. The fourth-order valence-electron chi connectivity index (χ4n) is 4.78. The monoisotopic (exact) mass is 537 g/mol. The van der Waals surface area contributed by atoms with Crippen LogP contribution in [0.25, 0.3) is 15.9 Å². The molecule has 0 spiro atoms. The molecule has 3 aromatic heterocycles. The van der Waals surface area contributed by atoms with Crippen LogP contribution in [0.4, 0.5) is 5.82 Å². The van der Waals surface area contributed by atoms with E-state index < -0.39 is 17.0 Å². The number of ketones is 1. The van der Waals surface area contributed by atoms with Crippen molar-refractivity contribution in [3.63, 3.8) is 0 Å². The molecule has 1 aliphatic carbocycles. The van der Waals surface area contributed by atoms with Gasteiger partial charge in [-0.15, -0.1) is 11.3 Å². The smallest absolute Gasteiger partial charge is 0.332 e. The summed E-state index contributed by atoms with van der Waals surface area (Å²) in [5, 5.41) is 1.03. The van der Waals surface area contributed by atoms with E-state index in [1.807, 2.05) is 32.0 Å².